The van der Waals surface area contributed by atoms with Gasteiger partial charge in [-0.25, -0.2) is 4.98 Å². The van der Waals surface area contributed by atoms with Crippen LogP contribution in [0.15, 0.2) is 35.7 Å². The zero-order valence-corrected chi connectivity index (χ0v) is 14.0. The third kappa shape index (κ3) is 4.15. The highest BCUT2D eigenvalue weighted by molar-refractivity contribution is 8.00. The molecule has 21 heavy (non-hydrogen) atoms. The molecule has 1 atom stereocenters. The van der Waals surface area contributed by atoms with Gasteiger partial charge in [0, 0.05) is 25.1 Å². The highest BCUT2D eigenvalue weighted by atomic mass is 35.5. The van der Waals surface area contributed by atoms with Gasteiger partial charge in [0.05, 0.1) is 15.3 Å². The summed E-state index contributed by atoms with van der Waals surface area (Å²) in [6.07, 6.45) is 4.27. The van der Waals surface area contributed by atoms with E-state index >= 15 is 0 Å². The van der Waals surface area contributed by atoms with Crippen LogP contribution in [0.3, 0.4) is 0 Å². The number of rotatable bonds is 5. The van der Waals surface area contributed by atoms with E-state index in [1.807, 2.05) is 24.7 Å². The summed E-state index contributed by atoms with van der Waals surface area (Å²) in [5, 5.41) is 4.32. The van der Waals surface area contributed by atoms with Crippen molar-refractivity contribution in [3.63, 3.8) is 0 Å². The topological polar surface area (TPSA) is 46.9 Å². The van der Waals surface area contributed by atoms with E-state index < -0.39 is 0 Å². The molecule has 1 heterocycles. The first-order valence-corrected chi connectivity index (χ1v) is 8.04. The summed E-state index contributed by atoms with van der Waals surface area (Å²) in [5.41, 5.74) is 0.633. The number of amides is 1. The van der Waals surface area contributed by atoms with Gasteiger partial charge < -0.3 is 9.88 Å². The number of hydrogen-bond donors (Lipinski definition) is 1. The van der Waals surface area contributed by atoms with E-state index in [1.165, 1.54) is 11.8 Å². The van der Waals surface area contributed by atoms with E-state index in [9.17, 15) is 4.79 Å². The van der Waals surface area contributed by atoms with Crippen LogP contribution in [0.25, 0.3) is 0 Å². The largest absolute Gasteiger partial charge is 0.329 e. The summed E-state index contributed by atoms with van der Waals surface area (Å²) in [6, 6.07) is 5.02. The molecule has 0 aliphatic carbocycles. The maximum Gasteiger partial charge on any atom is 0.237 e. The van der Waals surface area contributed by atoms with E-state index in [-0.39, 0.29) is 11.2 Å². The number of hydrogen-bond acceptors (Lipinski definition) is 3. The number of nitrogens with zero attached hydrogens (tertiary/aromatic N) is 2. The van der Waals surface area contributed by atoms with Crippen molar-refractivity contribution in [2.75, 3.05) is 5.32 Å². The Bertz CT molecular complexity index is 645. The van der Waals surface area contributed by atoms with Gasteiger partial charge in [0.2, 0.25) is 5.91 Å². The fraction of sp³-hybridized carbons (Fsp3) is 0.286. The normalized spacial score (nSPS) is 12.2. The predicted molar refractivity (Wildman–Crippen MR) is 88.2 cm³/mol. The van der Waals surface area contributed by atoms with Crippen LogP contribution < -0.4 is 5.32 Å². The lowest BCUT2D eigenvalue weighted by atomic mass is 10.2. The predicted octanol–water partition coefficient (Wildman–Crippen LogP) is 4.24. The molecule has 7 heteroatoms. The van der Waals surface area contributed by atoms with Gasteiger partial charge in [-0.1, -0.05) is 41.9 Å². The molecule has 2 aromatic rings. The quantitative estimate of drug-likeness (QED) is 0.826. The summed E-state index contributed by atoms with van der Waals surface area (Å²) >= 11 is 13.2. The maximum absolute atomic E-state index is 12.3. The second kappa shape index (κ2) is 7.20. The minimum atomic E-state index is -0.222. The average molecular weight is 344 g/mol. The van der Waals surface area contributed by atoms with E-state index in [0.29, 0.717) is 22.2 Å². The van der Waals surface area contributed by atoms with Crippen LogP contribution in [0.1, 0.15) is 13.3 Å². The maximum atomic E-state index is 12.3. The Morgan fingerprint density at radius 1 is 1.43 bits per heavy atom. The second-order valence-corrected chi connectivity index (χ2v) is 6.44. The molecule has 0 fully saturated rings. The summed E-state index contributed by atoms with van der Waals surface area (Å²) in [7, 11) is 1.90. The average Bonchev–Trinajstić information content (AvgIpc) is 2.85. The smallest absolute Gasteiger partial charge is 0.237 e. The summed E-state index contributed by atoms with van der Waals surface area (Å²) in [6.45, 7) is 1.97. The number of thioether (sulfide) groups is 1. The fourth-order valence-corrected chi connectivity index (χ4v) is 2.95. The molecule has 1 unspecified atom stereocenters. The van der Waals surface area contributed by atoms with Crippen molar-refractivity contribution in [3.8, 4) is 0 Å². The molecule has 0 radical (unpaired) electrons. The second-order valence-electron chi connectivity index (χ2n) is 4.45. The summed E-state index contributed by atoms with van der Waals surface area (Å²) < 4.78 is 1.89. The van der Waals surface area contributed by atoms with Crippen molar-refractivity contribution < 1.29 is 4.79 Å². The Morgan fingerprint density at radius 2 is 2.19 bits per heavy atom. The van der Waals surface area contributed by atoms with Gasteiger partial charge >= 0.3 is 0 Å². The molecular weight excluding hydrogens is 329 g/mol. The first kappa shape index (κ1) is 16.2. The molecule has 0 aliphatic heterocycles. The molecule has 0 spiro atoms. The van der Waals surface area contributed by atoms with Gasteiger partial charge in [-0.2, -0.15) is 0 Å². The number of carbonyl (C=O) groups is 1. The Kier molecular flexibility index (Phi) is 5.56. The minimum absolute atomic E-state index is 0.0797. The number of anilines is 1. The molecule has 112 valence electrons. The summed E-state index contributed by atoms with van der Waals surface area (Å²) in [4.78, 5) is 16.6. The van der Waals surface area contributed by atoms with Crippen molar-refractivity contribution in [2.24, 2.45) is 7.05 Å². The van der Waals surface area contributed by atoms with Gasteiger partial charge in [-0.05, 0) is 24.6 Å². The SMILES string of the molecule is CCC(Sc1nccn1C)C(=O)Nc1ccc(Cl)c(Cl)c1. The number of aromatic nitrogens is 2. The van der Waals surface area contributed by atoms with Gasteiger partial charge in [0.25, 0.3) is 0 Å². The summed E-state index contributed by atoms with van der Waals surface area (Å²) in [5.74, 6) is -0.0797. The third-order valence-electron chi connectivity index (χ3n) is 2.88. The lowest BCUT2D eigenvalue weighted by molar-refractivity contribution is -0.115. The van der Waals surface area contributed by atoms with E-state index in [0.717, 1.165) is 5.16 Å². The van der Waals surface area contributed by atoms with Crippen molar-refractivity contribution in [1.82, 2.24) is 9.55 Å². The molecule has 2 rings (SSSR count). The Balaban J connectivity index is 2.06. The monoisotopic (exact) mass is 343 g/mol. The van der Waals surface area contributed by atoms with E-state index in [2.05, 4.69) is 10.3 Å². The van der Waals surface area contributed by atoms with Crippen molar-refractivity contribution >= 4 is 46.6 Å². The van der Waals surface area contributed by atoms with Gasteiger partial charge in [0.1, 0.15) is 0 Å². The Hall–Kier alpha value is -1.17. The lowest BCUT2D eigenvalue weighted by Gasteiger charge is -2.14. The highest BCUT2D eigenvalue weighted by Gasteiger charge is 2.20. The lowest BCUT2D eigenvalue weighted by Crippen LogP contribution is -2.25. The molecule has 1 aromatic heterocycles. The van der Waals surface area contributed by atoms with E-state index in [1.54, 1.807) is 24.4 Å². The number of benzene rings is 1. The number of aryl methyl sites for hydroxylation is 1. The van der Waals surface area contributed by atoms with Crippen LogP contribution in [0.5, 0.6) is 0 Å². The van der Waals surface area contributed by atoms with E-state index in [4.69, 9.17) is 23.2 Å². The molecule has 1 N–H and O–H groups in total. The van der Waals surface area contributed by atoms with Crippen LogP contribution in [-0.2, 0) is 11.8 Å². The zero-order valence-electron chi connectivity index (χ0n) is 11.6. The third-order valence-corrected chi connectivity index (χ3v) is 5.05. The van der Waals surface area contributed by atoms with Gasteiger partial charge in [-0.3, -0.25) is 4.79 Å². The van der Waals surface area contributed by atoms with Crippen LogP contribution in [0.4, 0.5) is 5.69 Å². The standard InChI is InChI=1S/C14H15Cl2N3OS/c1-3-12(21-14-17-6-7-19(14)2)13(20)18-9-4-5-10(15)11(16)8-9/h4-8,12H,3H2,1-2H3,(H,18,20). The molecular formula is C14H15Cl2N3OS. The minimum Gasteiger partial charge on any atom is -0.329 e. The number of imidazole rings is 1. The van der Waals surface area contributed by atoms with Gasteiger partial charge in [0.15, 0.2) is 5.16 Å². The Morgan fingerprint density at radius 3 is 2.76 bits per heavy atom. The highest BCUT2D eigenvalue weighted by Crippen LogP contribution is 2.27. The van der Waals surface area contributed by atoms with Crippen molar-refractivity contribution in [1.29, 1.82) is 0 Å². The van der Waals surface area contributed by atoms with Crippen LogP contribution in [0, 0.1) is 0 Å². The number of nitrogens with one attached hydrogen (secondary N) is 1. The van der Waals surface area contributed by atoms with Crippen LogP contribution in [0.2, 0.25) is 10.0 Å². The van der Waals surface area contributed by atoms with Crippen molar-refractivity contribution in [3.05, 3.63) is 40.6 Å². The van der Waals surface area contributed by atoms with Gasteiger partial charge in [-0.15, -0.1) is 0 Å². The zero-order chi connectivity index (χ0) is 15.4. The first-order valence-electron chi connectivity index (χ1n) is 6.41. The number of carbonyl (C=O) groups excluding carboxylic acids is 1. The van der Waals surface area contributed by atoms with Crippen LogP contribution >= 0.6 is 35.0 Å². The van der Waals surface area contributed by atoms with Crippen LogP contribution in [-0.4, -0.2) is 20.7 Å². The molecule has 1 aromatic carbocycles. The molecule has 4 nitrogen and oxygen atoms in total. The molecule has 0 saturated heterocycles. The first-order chi connectivity index (χ1) is 10.0. The fourth-order valence-electron chi connectivity index (χ4n) is 1.71. The molecule has 0 aliphatic rings. The molecule has 1 amide bonds. The Labute approximate surface area is 137 Å². The molecule has 0 saturated carbocycles. The number of halogens is 2. The van der Waals surface area contributed by atoms with Crippen molar-refractivity contribution in [2.45, 2.75) is 23.8 Å². The molecule has 0 bridgehead atoms.